The van der Waals surface area contributed by atoms with E-state index in [1.54, 1.807) is 6.07 Å². The number of hydrogen-bond donors (Lipinski definition) is 1. The first-order valence-electron chi connectivity index (χ1n) is 7.82. The van der Waals surface area contributed by atoms with Crippen LogP contribution in [0.15, 0.2) is 48.0 Å². The third-order valence-electron chi connectivity index (χ3n) is 3.83. The van der Waals surface area contributed by atoms with Crippen LogP contribution in [0.25, 0.3) is 16.8 Å². The average molecular weight is 383 g/mol. The molecule has 1 aliphatic rings. The Hall–Kier alpha value is -3.44. The van der Waals surface area contributed by atoms with E-state index in [9.17, 15) is 14.0 Å². The number of allylic oxidation sites excluding steroid dienone is 1. The van der Waals surface area contributed by atoms with Crippen molar-refractivity contribution in [1.82, 2.24) is 4.98 Å². The molecule has 27 heavy (non-hydrogen) atoms. The van der Waals surface area contributed by atoms with E-state index in [1.165, 1.54) is 23.6 Å². The molecule has 0 amide bonds. The molecule has 8 heteroatoms. The lowest BCUT2D eigenvalue weighted by Crippen LogP contribution is -1.94. The van der Waals surface area contributed by atoms with Gasteiger partial charge in [-0.15, -0.1) is 11.3 Å². The number of nitrogens with zero attached hydrogens (tertiary/aromatic N) is 2. The second-order valence-electron chi connectivity index (χ2n) is 5.54. The van der Waals surface area contributed by atoms with Crippen LogP contribution in [0, 0.1) is 23.0 Å². The van der Waals surface area contributed by atoms with Gasteiger partial charge in [0.25, 0.3) is 0 Å². The lowest BCUT2D eigenvalue weighted by molar-refractivity contribution is 0.174. The van der Waals surface area contributed by atoms with Gasteiger partial charge in [0, 0.05) is 23.2 Å². The number of aromatic nitrogens is 1. The first-order chi connectivity index (χ1) is 13.1. The summed E-state index contributed by atoms with van der Waals surface area (Å²) in [4.78, 5) is 4.46. The highest BCUT2D eigenvalue weighted by Crippen LogP contribution is 2.36. The average Bonchev–Trinajstić information content (AvgIpc) is 3.32. The number of benzene rings is 2. The molecule has 3 aromatic rings. The maximum absolute atomic E-state index is 13.7. The Morgan fingerprint density at radius 3 is 2.85 bits per heavy atom. The number of rotatable bonds is 4. The molecule has 0 unspecified atom stereocenters. The molecule has 0 radical (unpaired) electrons. The van der Waals surface area contributed by atoms with Gasteiger partial charge in [-0.25, -0.2) is 13.8 Å². The number of halogens is 2. The first kappa shape index (κ1) is 17.0. The topological polar surface area (TPSA) is 67.2 Å². The van der Waals surface area contributed by atoms with Gasteiger partial charge in [-0.3, -0.25) is 0 Å². The molecule has 2 aromatic carbocycles. The number of thiazole rings is 1. The van der Waals surface area contributed by atoms with Crippen LogP contribution in [-0.4, -0.2) is 11.8 Å². The fourth-order valence-electron chi connectivity index (χ4n) is 2.48. The fraction of sp³-hybridized carbons (Fsp3) is 0.0526. The normalized spacial score (nSPS) is 12.7. The van der Waals surface area contributed by atoms with Crippen molar-refractivity contribution in [2.24, 2.45) is 0 Å². The van der Waals surface area contributed by atoms with E-state index in [1.807, 2.05) is 23.6 Å². The number of hydrogen-bond acceptors (Lipinski definition) is 6. The van der Waals surface area contributed by atoms with Crippen molar-refractivity contribution < 1.29 is 18.3 Å². The number of anilines is 1. The summed E-state index contributed by atoms with van der Waals surface area (Å²) in [6.45, 7) is 0.189. The summed E-state index contributed by atoms with van der Waals surface area (Å²) in [6, 6.07) is 10.7. The monoisotopic (exact) mass is 383 g/mol. The number of nitrogens with one attached hydrogen (secondary N) is 1. The SMILES string of the molecule is N#CC(=CNc1ccc(F)cc1F)c1nc(-c2ccc3c(c2)OCO3)cs1. The van der Waals surface area contributed by atoms with Gasteiger partial charge in [-0.05, 0) is 30.3 Å². The maximum atomic E-state index is 13.7. The lowest BCUT2D eigenvalue weighted by atomic mass is 10.1. The molecule has 0 saturated heterocycles. The Bertz CT molecular complexity index is 1090. The summed E-state index contributed by atoms with van der Waals surface area (Å²) >= 11 is 1.28. The molecule has 0 saturated carbocycles. The van der Waals surface area contributed by atoms with E-state index < -0.39 is 11.6 Å². The second-order valence-corrected chi connectivity index (χ2v) is 6.40. The third-order valence-corrected chi connectivity index (χ3v) is 4.70. The summed E-state index contributed by atoms with van der Waals surface area (Å²) in [5, 5.41) is 14.4. The molecular weight excluding hydrogens is 372 g/mol. The maximum Gasteiger partial charge on any atom is 0.231 e. The predicted octanol–water partition coefficient (Wildman–Crippen LogP) is 4.79. The van der Waals surface area contributed by atoms with E-state index >= 15 is 0 Å². The largest absolute Gasteiger partial charge is 0.454 e. The van der Waals surface area contributed by atoms with Gasteiger partial charge in [0.05, 0.1) is 11.4 Å². The molecule has 0 bridgehead atoms. The van der Waals surface area contributed by atoms with Crippen molar-refractivity contribution in [3.8, 4) is 28.8 Å². The van der Waals surface area contributed by atoms with Gasteiger partial charge in [-0.2, -0.15) is 5.26 Å². The Labute approximate surface area is 157 Å². The summed E-state index contributed by atoms with van der Waals surface area (Å²) in [7, 11) is 0. The Balaban J connectivity index is 1.58. The van der Waals surface area contributed by atoms with Gasteiger partial charge in [0.15, 0.2) is 11.5 Å². The molecule has 1 aliphatic heterocycles. The van der Waals surface area contributed by atoms with E-state index in [0.29, 0.717) is 22.2 Å². The summed E-state index contributed by atoms with van der Waals surface area (Å²) in [5.41, 5.74) is 1.81. The van der Waals surface area contributed by atoms with Crippen molar-refractivity contribution in [3.05, 3.63) is 64.6 Å². The number of fused-ring (bicyclic) bond motifs is 1. The van der Waals surface area contributed by atoms with Crippen molar-refractivity contribution in [2.75, 3.05) is 12.1 Å². The van der Waals surface area contributed by atoms with Gasteiger partial charge < -0.3 is 14.8 Å². The molecule has 1 aromatic heterocycles. The minimum absolute atomic E-state index is 0.0664. The van der Waals surface area contributed by atoms with E-state index in [-0.39, 0.29) is 18.1 Å². The zero-order valence-corrected chi connectivity index (χ0v) is 14.5. The standard InChI is InChI=1S/C19H11F2N3O2S/c20-13-2-3-15(14(21)6-13)23-8-12(7-22)19-24-16(9-27-19)11-1-4-17-18(5-11)26-10-25-17/h1-6,8-9,23H,10H2. The second kappa shape index (κ2) is 7.05. The van der Waals surface area contributed by atoms with Crippen LogP contribution in [-0.2, 0) is 0 Å². The molecule has 0 spiro atoms. The number of nitriles is 1. The first-order valence-corrected chi connectivity index (χ1v) is 8.70. The van der Waals surface area contributed by atoms with Gasteiger partial charge in [-0.1, -0.05) is 0 Å². The highest BCUT2D eigenvalue weighted by molar-refractivity contribution is 7.11. The third kappa shape index (κ3) is 3.45. The summed E-state index contributed by atoms with van der Waals surface area (Å²) < 4.78 is 37.3. The zero-order valence-electron chi connectivity index (χ0n) is 13.7. The van der Waals surface area contributed by atoms with E-state index in [0.717, 1.165) is 17.7 Å². The van der Waals surface area contributed by atoms with E-state index in [4.69, 9.17) is 9.47 Å². The number of ether oxygens (including phenoxy) is 2. The minimum Gasteiger partial charge on any atom is -0.454 e. The van der Waals surface area contributed by atoms with Gasteiger partial charge in [0.2, 0.25) is 6.79 Å². The molecular formula is C19H11F2N3O2S. The Morgan fingerprint density at radius 1 is 1.19 bits per heavy atom. The van der Waals surface area contributed by atoms with Crippen LogP contribution in [0.5, 0.6) is 11.5 Å². The van der Waals surface area contributed by atoms with Crippen molar-refractivity contribution in [3.63, 3.8) is 0 Å². The fourth-order valence-corrected chi connectivity index (χ4v) is 3.28. The van der Waals surface area contributed by atoms with Crippen molar-refractivity contribution in [1.29, 1.82) is 5.26 Å². The molecule has 2 heterocycles. The van der Waals surface area contributed by atoms with Crippen molar-refractivity contribution >= 4 is 22.6 Å². The lowest BCUT2D eigenvalue weighted by Gasteiger charge is -2.03. The van der Waals surface area contributed by atoms with E-state index in [2.05, 4.69) is 10.3 Å². The van der Waals surface area contributed by atoms with Crippen LogP contribution < -0.4 is 14.8 Å². The Morgan fingerprint density at radius 2 is 2.04 bits per heavy atom. The van der Waals surface area contributed by atoms with Crippen LogP contribution >= 0.6 is 11.3 Å². The molecule has 4 rings (SSSR count). The van der Waals surface area contributed by atoms with Crippen LogP contribution in [0.1, 0.15) is 5.01 Å². The molecule has 5 nitrogen and oxygen atoms in total. The van der Waals surface area contributed by atoms with Crippen LogP contribution in [0.2, 0.25) is 0 Å². The van der Waals surface area contributed by atoms with Gasteiger partial charge >= 0.3 is 0 Å². The quantitative estimate of drug-likeness (QED) is 0.656. The highest BCUT2D eigenvalue weighted by atomic mass is 32.1. The smallest absolute Gasteiger partial charge is 0.231 e. The zero-order chi connectivity index (χ0) is 18.8. The highest BCUT2D eigenvalue weighted by Gasteiger charge is 2.16. The van der Waals surface area contributed by atoms with Gasteiger partial charge in [0.1, 0.15) is 28.3 Å². The molecule has 0 fully saturated rings. The molecule has 0 aliphatic carbocycles. The van der Waals surface area contributed by atoms with Crippen molar-refractivity contribution in [2.45, 2.75) is 0 Å². The predicted molar refractivity (Wildman–Crippen MR) is 97.2 cm³/mol. The molecule has 134 valence electrons. The molecule has 0 atom stereocenters. The minimum atomic E-state index is -0.747. The summed E-state index contributed by atoms with van der Waals surface area (Å²) in [5.74, 6) is -0.0940. The molecule has 1 N–H and O–H groups in total. The van der Waals surface area contributed by atoms with Crippen LogP contribution in [0.3, 0.4) is 0 Å². The Kier molecular flexibility index (Phi) is 4.44. The summed E-state index contributed by atoms with van der Waals surface area (Å²) in [6.07, 6.45) is 1.35. The van der Waals surface area contributed by atoms with Crippen LogP contribution in [0.4, 0.5) is 14.5 Å².